The number of benzene rings is 2. The van der Waals surface area contributed by atoms with Crippen molar-refractivity contribution in [3.8, 4) is 0 Å². The fourth-order valence-electron chi connectivity index (χ4n) is 2.59. The summed E-state index contributed by atoms with van der Waals surface area (Å²) in [7, 11) is -3.64. The molecule has 5 N–H and O–H groups in total. The summed E-state index contributed by atoms with van der Waals surface area (Å²) in [5, 5.41) is 7.82. The highest BCUT2D eigenvalue weighted by atomic mass is 35.5. The highest BCUT2D eigenvalue weighted by Crippen LogP contribution is 2.17. The molecule has 0 heterocycles. The summed E-state index contributed by atoms with van der Waals surface area (Å²) in [5.74, 6) is -0.171. The Labute approximate surface area is 166 Å². The quantitative estimate of drug-likeness (QED) is 0.648. The maximum absolute atomic E-state index is 12.3. The van der Waals surface area contributed by atoms with Gasteiger partial charge in [-0.2, -0.15) is 0 Å². The van der Waals surface area contributed by atoms with Crippen molar-refractivity contribution in [2.75, 3.05) is 6.54 Å². The van der Waals surface area contributed by atoms with Crippen molar-refractivity contribution in [1.29, 1.82) is 0 Å². The molecule has 2 aromatic carbocycles. The molecule has 27 heavy (non-hydrogen) atoms. The van der Waals surface area contributed by atoms with Crippen molar-refractivity contribution in [2.24, 2.45) is 10.9 Å². The van der Waals surface area contributed by atoms with Crippen LogP contribution in [0.1, 0.15) is 52.9 Å². The molecule has 0 aliphatic rings. The average Bonchev–Trinajstić information content (AvgIpc) is 2.58. The van der Waals surface area contributed by atoms with Gasteiger partial charge >= 0.3 is 0 Å². The van der Waals surface area contributed by atoms with Gasteiger partial charge in [0.15, 0.2) is 0 Å². The third-order valence-electron chi connectivity index (χ3n) is 4.07. The molecule has 2 aromatic rings. The smallest absolute Gasteiger partial charge is 0.251 e. The molecular formula is C19H26ClN3O3S. The molecule has 0 radical (unpaired) electrons. The Hall–Kier alpha value is -1.93. The number of primary sulfonamides is 1. The number of hydrogen-bond acceptors (Lipinski definition) is 4. The highest BCUT2D eigenvalue weighted by molar-refractivity contribution is 7.88. The molecule has 0 aliphatic carbocycles. The van der Waals surface area contributed by atoms with Crippen molar-refractivity contribution >= 4 is 28.3 Å². The molecule has 1 atom stereocenters. The van der Waals surface area contributed by atoms with Gasteiger partial charge in [-0.05, 0) is 34.7 Å². The SMILES string of the molecule is CC(C)c1ccc(C(N)CNC(=O)c2cccc(CS(N)(=O)=O)c2)cc1.Cl. The van der Waals surface area contributed by atoms with Crippen LogP contribution in [-0.4, -0.2) is 20.9 Å². The molecule has 8 heteroatoms. The minimum absolute atomic E-state index is 0. The van der Waals surface area contributed by atoms with Gasteiger partial charge in [0.1, 0.15) is 0 Å². The maximum atomic E-state index is 12.3. The van der Waals surface area contributed by atoms with Gasteiger partial charge in [0.2, 0.25) is 10.0 Å². The Kier molecular flexibility index (Phi) is 8.43. The lowest BCUT2D eigenvalue weighted by atomic mass is 9.99. The number of halogens is 1. The average molecular weight is 412 g/mol. The molecule has 0 saturated heterocycles. The molecule has 1 unspecified atom stereocenters. The van der Waals surface area contributed by atoms with E-state index in [1.54, 1.807) is 18.2 Å². The van der Waals surface area contributed by atoms with Gasteiger partial charge in [-0.15, -0.1) is 12.4 Å². The topological polar surface area (TPSA) is 115 Å². The molecule has 6 nitrogen and oxygen atoms in total. The van der Waals surface area contributed by atoms with E-state index in [2.05, 4.69) is 19.2 Å². The van der Waals surface area contributed by atoms with Crippen molar-refractivity contribution in [2.45, 2.75) is 31.6 Å². The Morgan fingerprint density at radius 1 is 1.07 bits per heavy atom. The minimum atomic E-state index is -3.64. The predicted molar refractivity (Wildman–Crippen MR) is 110 cm³/mol. The first-order chi connectivity index (χ1) is 12.2. The summed E-state index contributed by atoms with van der Waals surface area (Å²) < 4.78 is 22.4. The Balaban J connectivity index is 0.00000364. The monoisotopic (exact) mass is 411 g/mol. The third kappa shape index (κ3) is 7.30. The van der Waals surface area contributed by atoms with Gasteiger partial charge in [-0.3, -0.25) is 4.79 Å². The van der Waals surface area contributed by atoms with Crippen molar-refractivity contribution in [1.82, 2.24) is 5.32 Å². The molecule has 0 fully saturated rings. The van der Waals surface area contributed by atoms with E-state index in [0.29, 0.717) is 17.0 Å². The van der Waals surface area contributed by atoms with E-state index in [4.69, 9.17) is 10.9 Å². The lowest BCUT2D eigenvalue weighted by Gasteiger charge is -2.15. The van der Waals surface area contributed by atoms with E-state index < -0.39 is 10.0 Å². The molecule has 148 valence electrons. The fraction of sp³-hybridized carbons (Fsp3) is 0.316. The van der Waals surface area contributed by atoms with Crippen LogP contribution in [0.15, 0.2) is 48.5 Å². The van der Waals surface area contributed by atoms with Gasteiger partial charge < -0.3 is 11.1 Å². The fourth-order valence-corrected chi connectivity index (χ4v) is 3.23. The normalized spacial score (nSPS) is 12.3. The lowest BCUT2D eigenvalue weighted by Crippen LogP contribution is -2.32. The van der Waals surface area contributed by atoms with Gasteiger partial charge in [0.05, 0.1) is 5.75 Å². The third-order valence-corrected chi connectivity index (χ3v) is 4.81. The molecule has 0 spiro atoms. The van der Waals surface area contributed by atoms with Gasteiger partial charge in [-0.1, -0.05) is 50.2 Å². The van der Waals surface area contributed by atoms with E-state index in [9.17, 15) is 13.2 Å². The minimum Gasteiger partial charge on any atom is -0.350 e. The van der Waals surface area contributed by atoms with Crippen LogP contribution in [0.4, 0.5) is 0 Å². The van der Waals surface area contributed by atoms with Crippen molar-refractivity contribution < 1.29 is 13.2 Å². The number of sulfonamides is 1. The first-order valence-corrected chi connectivity index (χ1v) is 10.1. The van der Waals surface area contributed by atoms with Gasteiger partial charge in [-0.25, -0.2) is 13.6 Å². The zero-order chi connectivity index (χ0) is 19.3. The summed E-state index contributed by atoms with van der Waals surface area (Å²) in [6.45, 7) is 4.53. The molecule has 0 bridgehead atoms. The first-order valence-electron chi connectivity index (χ1n) is 8.39. The van der Waals surface area contributed by atoms with Gasteiger partial charge in [0.25, 0.3) is 5.91 Å². The van der Waals surface area contributed by atoms with E-state index in [0.717, 1.165) is 5.56 Å². The number of nitrogens with two attached hydrogens (primary N) is 2. The van der Waals surface area contributed by atoms with Crippen LogP contribution in [0, 0.1) is 0 Å². The molecule has 0 saturated carbocycles. The number of hydrogen-bond donors (Lipinski definition) is 3. The molecule has 0 aromatic heterocycles. The van der Waals surface area contributed by atoms with Crippen LogP contribution in [0.3, 0.4) is 0 Å². The standard InChI is InChI=1S/C19H25N3O3S.ClH/c1-13(2)15-6-8-16(9-7-15)18(20)11-22-19(23)17-5-3-4-14(10-17)12-26(21,24)25;/h3-10,13,18H,11-12,20H2,1-2H3,(H,22,23)(H2,21,24,25);1H. The van der Waals surface area contributed by atoms with Crippen molar-refractivity contribution in [3.63, 3.8) is 0 Å². The van der Waals surface area contributed by atoms with E-state index in [1.807, 2.05) is 24.3 Å². The van der Waals surface area contributed by atoms with Crippen molar-refractivity contribution in [3.05, 3.63) is 70.8 Å². The zero-order valence-electron chi connectivity index (χ0n) is 15.4. The maximum Gasteiger partial charge on any atom is 0.251 e. The summed E-state index contributed by atoms with van der Waals surface area (Å²) in [4.78, 5) is 12.3. The molecular weight excluding hydrogens is 386 g/mol. The second-order valence-corrected chi connectivity index (χ2v) is 8.26. The van der Waals surface area contributed by atoms with E-state index in [-0.39, 0.29) is 36.7 Å². The highest BCUT2D eigenvalue weighted by Gasteiger charge is 2.12. The number of rotatable bonds is 7. The number of carbonyl (C=O) groups excluding carboxylic acids is 1. The number of nitrogens with one attached hydrogen (secondary N) is 1. The number of carbonyl (C=O) groups is 1. The number of amides is 1. The van der Waals surface area contributed by atoms with Crippen LogP contribution < -0.4 is 16.2 Å². The molecule has 0 aliphatic heterocycles. The lowest BCUT2D eigenvalue weighted by molar-refractivity contribution is 0.0951. The second-order valence-electron chi connectivity index (χ2n) is 6.65. The summed E-state index contributed by atoms with van der Waals surface area (Å²) >= 11 is 0. The molecule has 1 amide bonds. The van der Waals surface area contributed by atoms with Gasteiger partial charge in [0, 0.05) is 18.2 Å². The predicted octanol–water partition coefficient (Wildman–Crippen LogP) is 2.45. The van der Waals surface area contributed by atoms with E-state index in [1.165, 1.54) is 11.6 Å². The summed E-state index contributed by atoms with van der Waals surface area (Å²) in [6.07, 6.45) is 0. The van der Waals surface area contributed by atoms with Crippen LogP contribution in [0.5, 0.6) is 0 Å². The first kappa shape index (κ1) is 23.1. The second kappa shape index (κ2) is 9.85. The van der Waals surface area contributed by atoms with Crippen LogP contribution >= 0.6 is 12.4 Å². The van der Waals surface area contributed by atoms with Crippen LogP contribution in [0.25, 0.3) is 0 Å². The zero-order valence-corrected chi connectivity index (χ0v) is 17.0. The Bertz CT molecular complexity index is 868. The summed E-state index contributed by atoms with van der Waals surface area (Å²) in [6, 6.07) is 14.1. The molecule has 2 rings (SSSR count). The Morgan fingerprint density at radius 2 is 1.67 bits per heavy atom. The van der Waals surface area contributed by atoms with Crippen LogP contribution in [0.2, 0.25) is 0 Å². The van der Waals surface area contributed by atoms with Crippen LogP contribution in [-0.2, 0) is 15.8 Å². The van der Waals surface area contributed by atoms with E-state index >= 15 is 0 Å². The summed E-state index contributed by atoms with van der Waals surface area (Å²) in [5.41, 5.74) is 9.16. The Morgan fingerprint density at radius 3 is 2.22 bits per heavy atom. The largest absolute Gasteiger partial charge is 0.350 e.